The monoisotopic (exact) mass is 430 g/mol. The maximum Gasteiger partial charge on any atom is 0.344 e. The lowest BCUT2D eigenvalue weighted by Gasteiger charge is -2.32. The number of carboxylic acids is 1. The first-order valence-corrected chi connectivity index (χ1v) is 11.7. The summed E-state index contributed by atoms with van der Waals surface area (Å²) in [6, 6.07) is 6.10. The van der Waals surface area contributed by atoms with Gasteiger partial charge in [-0.25, -0.2) is 4.79 Å². The number of aliphatic hydroxyl groups excluding tert-OH is 1. The Balaban J connectivity index is 1.34. The van der Waals surface area contributed by atoms with Crippen molar-refractivity contribution >= 4 is 11.9 Å². The largest absolute Gasteiger partial charge is 0.482 e. The SMILES string of the molecule is CC(O)CCC1CCC2Cc3c(cccc3OCC(=O)OC3(CCC(=O)O)CC3)CC12. The molecule has 0 heterocycles. The summed E-state index contributed by atoms with van der Waals surface area (Å²) in [5.74, 6) is 1.49. The highest BCUT2D eigenvalue weighted by molar-refractivity contribution is 5.72. The molecule has 0 bridgehead atoms. The van der Waals surface area contributed by atoms with Crippen molar-refractivity contribution in [2.24, 2.45) is 17.8 Å². The van der Waals surface area contributed by atoms with Crippen LogP contribution in [-0.4, -0.2) is 40.5 Å². The van der Waals surface area contributed by atoms with E-state index in [1.807, 2.05) is 19.1 Å². The summed E-state index contributed by atoms with van der Waals surface area (Å²) in [7, 11) is 0. The summed E-state index contributed by atoms with van der Waals surface area (Å²) in [6.45, 7) is 1.73. The molecule has 3 aliphatic rings. The first-order valence-electron chi connectivity index (χ1n) is 11.7. The second-order valence-electron chi connectivity index (χ2n) is 9.83. The Morgan fingerprint density at radius 1 is 1.23 bits per heavy atom. The van der Waals surface area contributed by atoms with Gasteiger partial charge in [0.25, 0.3) is 0 Å². The van der Waals surface area contributed by atoms with Crippen LogP contribution in [0.5, 0.6) is 5.75 Å². The van der Waals surface area contributed by atoms with E-state index in [1.165, 1.54) is 24.0 Å². The maximum atomic E-state index is 12.3. The molecule has 170 valence electrons. The first kappa shape index (κ1) is 22.1. The van der Waals surface area contributed by atoms with Crippen LogP contribution in [0.4, 0.5) is 0 Å². The number of rotatable bonds is 10. The summed E-state index contributed by atoms with van der Waals surface area (Å²) in [4.78, 5) is 23.1. The van der Waals surface area contributed by atoms with E-state index in [1.54, 1.807) is 0 Å². The number of fused-ring (bicyclic) bond motifs is 2. The third-order valence-electron chi connectivity index (χ3n) is 7.50. The molecule has 0 amide bonds. The summed E-state index contributed by atoms with van der Waals surface area (Å²) in [6.07, 6.45) is 8.07. The molecule has 4 unspecified atom stereocenters. The lowest BCUT2D eigenvalue weighted by Crippen LogP contribution is -2.27. The van der Waals surface area contributed by atoms with E-state index in [4.69, 9.17) is 14.6 Å². The van der Waals surface area contributed by atoms with Crippen molar-refractivity contribution in [1.29, 1.82) is 0 Å². The fourth-order valence-corrected chi connectivity index (χ4v) is 5.61. The zero-order valence-corrected chi connectivity index (χ0v) is 18.3. The van der Waals surface area contributed by atoms with Gasteiger partial charge in [-0.2, -0.15) is 0 Å². The quantitative estimate of drug-likeness (QED) is 0.547. The Bertz CT molecular complexity index is 812. The van der Waals surface area contributed by atoms with Crippen molar-refractivity contribution in [1.82, 2.24) is 0 Å². The van der Waals surface area contributed by atoms with Crippen LogP contribution in [0.2, 0.25) is 0 Å². The van der Waals surface area contributed by atoms with Crippen LogP contribution in [0.15, 0.2) is 18.2 Å². The van der Waals surface area contributed by atoms with E-state index in [0.29, 0.717) is 24.2 Å². The highest BCUT2D eigenvalue weighted by Gasteiger charge is 2.47. The lowest BCUT2D eigenvalue weighted by molar-refractivity contribution is -0.155. The number of carbonyl (C=O) groups is 2. The maximum absolute atomic E-state index is 12.3. The van der Waals surface area contributed by atoms with Gasteiger partial charge in [-0.15, -0.1) is 0 Å². The van der Waals surface area contributed by atoms with Gasteiger partial charge < -0.3 is 19.7 Å². The lowest BCUT2D eigenvalue weighted by atomic mass is 9.73. The molecule has 0 spiro atoms. The number of esters is 1. The highest BCUT2D eigenvalue weighted by atomic mass is 16.6. The van der Waals surface area contributed by atoms with Gasteiger partial charge in [0.1, 0.15) is 11.4 Å². The number of hydrogen-bond acceptors (Lipinski definition) is 5. The minimum Gasteiger partial charge on any atom is -0.482 e. The number of aliphatic hydroxyl groups is 1. The summed E-state index contributed by atoms with van der Waals surface area (Å²) in [5, 5.41) is 18.5. The molecule has 3 aliphatic carbocycles. The second kappa shape index (κ2) is 9.19. The molecule has 4 atom stereocenters. The van der Waals surface area contributed by atoms with Crippen LogP contribution < -0.4 is 4.74 Å². The first-order chi connectivity index (χ1) is 14.8. The van der Waals surface area contributed by atoms with Gasteiger partial charge >= 0.3 is 11.9 Å². The Morgan fingerprint density at radius 3 is 2.74 bits per heavy atom. The molecule has 6 nitrogen and oxygen atoms in total. The summed E-state index contributed by atoms with van der Waals surface area (Å²) >= 11 is 0. The zero-order chi connectivity index (χ0) is 22.0. The molecule has 0 aliphatic heterocycles. The van der Waals surface area contributed by atoms with Crippen molar-refractivity contribution in [2.45, 2.75) is 82.8 Å². The van der Waals surface area contributed by atoms with Gasteiger partial charge in [-0.1, -0.05) is 12.1 Å². The van der Waals surface area contributed by atoms with E-state index in [2.05, 4.69) is 6.07 Å². The molecular weight excluding hydrogens is 396 g/mol. The minimum absolute atomic E-state index is 0.0150. The van der Waals surface area contributed by atoms with E-state index in [9.17, 15) is 14.7 Å². The molecule has 31 heavy (non-hydrogen) atoms. The Kier molecular flexibility index (Phi) is 6.56. The van der Waals surface area contributed by atoms with Gasteiger partial charge in [0.2, 0.25) is 0 Å². The number of benzene rings is 1. The van der Waals surface area contributed by atoms with E-state index < -0.39 is 17.5 Å². The Hall–Kier alpha value is -2.08. The fraction of sp³-hybridized carbons (Fsp3) is 0.680. The number of hydrogen-bond donors (Lipinski definition) is 2. The molecule has 0 radical (unpaired) electrons. The average molecular weight is 431 g/mol. The van der Waals surface area contributed by atoms with Crippen LogP contribution in [0, 0.1) is 17.8 Å². The van der Waals surface area contributed by atoms with E-state index >= 15 is 0 Å². The molecule has 0 aromatic heterocycles. The molecule has 2 fully saturated rings. The predicted octanol–water partition coefficient (Wildman–Crippen LogP) is 3.91. The number of carbonyl (C=O) groups excluding carboxylic acids is 1. The summed E-state index contributed by atoms with van der Waals surface area (Å²) < 4.78 is 11.4. The van der Waals surface area contributed by atoms with Crippen molar-refractivity contribution in [3.05, 3.63) is 29.3 Å². The van der Waals surface area contributed by atoms with Crippen LogP contribution in [0.1, 0.15) is 69.4 Å². The van der Waals surface area contributed by atoms with Gasteiger partial charge in [0, 0.05) is 6.42 Å². The standard InChI is InChI=1S/C25H34O6/c1-16(26)5-6-17-7-8-19-14-21-18(13-20(17)19)3-2-4-22(21)30-15-24(29)31-25(11-12-25)10-9-23(27)28/h2-4,16-17,19-20,26H,5-15H2,1H3,(H,27,28). The smallest absolute Gasteiger partial charge is 0.344 e. The number of aliphatic carboxylic acids is 1. The van der Waals surface area contributed by atoms with Crippen molar-refractivity contribution < 1.29 is 29.3 Å². The fourth-order valence-electron chi connectivity index (χ4n) is 5.61. The number of carboxylic acid groups (broad SMARTS) is 1. The molecule has 1 aromatic carbocycles. The van der Waals surface area contributed by atoms with Crippen molar-refractivity contribution in [2.75, 3.05) is 6.61 Å². The molecule has 0 saturated heterocycles. The van der Waals surface area contributed by atoms with Gasteiger partial charge in [-0.3, -0.25) is 4.79 Å². The number of ether oxygens (including phenoxy) is 2. The van der Waals surface area contributed by atoms with Crippen LogP contribution in [-0.2, 0) is 27.2 Å². The molecule has 6 heteroatoms. The normalized spacial score (nSPS) is 26.5. The molecule has 1 aromatic rings. The summed E-state index contributed by atoms with van der Waals surface area (Å²) in [5.41, 5.74) is 1.95. The molecule has 2 saturated carbocycles. The van der Waals surface area contributed by atoms with E-state index in [-0.39, 0.29) is 19.1 Å². The van der Waals surface area contributed by atoms with E-state index in [0.717, 1.165) is 44.3 Å². The topological polar surface area (TPSA) is 93.1 Å². The van der Waals surface area contributed by atoms with Crippen molar-refractivity contribution in [3.63, 3.8) is 0 Å². The van der Waals surface area contributed by atoms with Gasteiger partial charge in [0.15, 0.2) is 6.61 Å². The third-order valence-corrected chi connectivity index (χ3v) is 7.50. The molecule has 4 rings (SSSR count). The third kappa shape index (κ3) is 5.40. The predicted molar refractivity (Wildman–Crippen MR) is 115 cm³/mol. The van der Waals surface area contributed by atoms with Gasteiger partial charge in [0.05, 0.1) is 6.10 Å². The highest BCUT2D eigenvalue weighted by Crippen LogP contribution is 2.48. The molecular formula is C25H34O6. The Morgan fingerprint density at radius 2 is 2.03 bits per heavy atom. The second-order valence-corrected chi connectivity index (χ2v) is 9.83. The zero-order valence-electron chi connectivity index (χ0n) is 18.3. The van der Waals surface area contributed by atoms with Gasteiger partial charge in [-0.05, 0) is 99.7 Å². The Labute approximate surface area is 183 Å². The molecule has 2 N–H and O–H groups in total. The van der Waals surface area contributed by atoms with Crippen LogP contribution >= 0.6 is 0 Å². The van der Waals surface area contributed by atoms with Crippen LogP contribution in [0.3, 0.4) is 0 Å². The van der Waals surface area contributed by atoms with Crippen molar-refractivity contribution in [3.8, 4) is 5.75 Å². The minimum atomic E-state index is -0.868. The average Bonchev–Trinajstić information content (AvgIpc) is 3.38. The van der Waals surface area contributed by atoms with Crippen LogP contribution in [0.25, 0.3) is 0 Å².